The third-order valence-electron chi connectivity index (χ3n) is 1.40. The lowest BCUT2D eigenvalue weighted by atomic mass is 10.3. The molecule has 0 unspecified atom stereocenters. The first-order valence-corrected chi connectivity index (χ1v) is 3.79. The van der Waals surface area contributed by atoms with E-state index in [1.165, 1.54) is 18.5 Å². The number of hydrogen-bond donors (Lipinski definition) is 1. The molecule has 1 aromatic rings. The van der Waals surface area contributed by atoms with Crippen molar-refractivity contribution in [2.24, 2.45) is 0 Å². The first kappa shape index (κ1) is 10.4. The number of nitrogens with zero attached hydrogens (tertiary/aromatic N) is 2. The molecule has 0 bridgehead atoms. The minimum atomic E-state index is -2.47. The molecule has 0 radical (unpaired) electrons. The molecule has 1 heterocycles. The molecule has 1 N–H and O–H groups in total. The van der Waals surface area contributed by atoms with Crippen LogP contribution in [0.15, 0.2) is 18.5 Å². The van der Waals surface area contributed by atoms with Gasteiger partial charge in [-0.3, -0.25) is 4.68 Å². The van der Waals surface area contributed by atoms with Crippen LogP contribution in [-0.2, 0) is 11.3 Å². The van der Waals surface area contributed by atoms with Crippen LogP contribution in [0.3, 0.4) is 0 Å². The summed E-state index contributed by atoms with van der Waals surface area (Å²) in [6.07, 6.45) is 2.42. The third-order valence-corrected chi connectivity index (χ3v) is 1.40. The molecule has 0 aliphatic heterocycles. The Morgan fingerprint density at radius 3 is 3.00 bits per heavy atom. The first-order chi connectivity index (χ1) is 6.58. The van der Waals surface area contributed by atoms with E-state index in [4.69, 9.17) is 5.11 Å². The lowest BCUT2D eigenvalue weighted by molar-refractivity contribution is -0.131. The van der Waals surface area contributed by atoms with Crippen LogP contribution in [0, 0.1) is 0 Å². The van der Waals surface area contributed by atoms with E-state index in [0.29, 0.717) is 5.56 Å². The number of rotatable bonds is 4. The molecule has 6 heteroatoms. The molecule has 1 rings (SSSR count). The maximum atomic E-state index is 11.9. The van der Waals surface area contributed by atoms with Crippen molar-refractivity contribution in [3.63, 3.8) is 0 Å². The summed E-state index contributed by atoms with van der Waals surface area (Å²) in [6, 6.07) is 0. The van der Waals surface area contributed by atoms with E-state index in [1.807, 2.05) is 0 Å². The average Bonchev–Trinajstić information content (AvgIpc) is 2.47. The first-order valence-electron chi connectivity index (χ1n) is 3.79. The highest BCUT2D eigenvalue weighted by Gasteiger charge is 2.04. The molecular formula is C8H8F2N2O2. The lowest BCUT2D eigenvalue weighted by Crippen LogP contribution is -2.06. The van der Waals surface area contributed by atoms with Crippen molar-refractivity contribution in [1.29, 1.82) is 0 Å². The molecule has 0 atom stereocenters. The van der Waals surface area contributed by atoms with Gasteiger partial charge >= 0.3 is 5.97 Å². The van der Waals surface area contributed by atoms with Gasteiger partial charge in [0.2, 0.25) is 0 Å². The van der Waals surface area contributed by atoms with E-state index in [0.717, 1.165) is 10.8 Å². The second-order valence-corrected chi connectivity index (χ2v) is 2.56. The van der Waals surface area contributed by atoms with E-state index in [-0.39, 0.29) is 0 Å². The monoisotopic (exact) mass is 202 g/mol. The molecule has 14 heavy (non-hydrogen) atoms. The van der Waals surface area contributed by atoms with Gasteiger partial charge in [0, 0.05) is 17.8 Å². The van der Waals surface area contributed by atoms with Gasteiger partial charge in [-0.1, -0.05) is 0 Å². The molecule has 1 aromatic heterocycles. The minimum Gasteiger partial charge on any atom is -0.478 e. The third kappa shape index (κ3) is 3.34. The SMILES string of the molecule is O=C(O)/C=C/c1cnn(CC(F)F)c1. The van der Waals surface area contributed by atoms with Crippen LogP contribution in [-0.4, -0.2) is 27.3 Å². The van der Waals surface area contributed by atoms with E-state index in [1.54, 1.807) is 0 Å². The molecule has 0 fully saturated rings. The van der Waals surface area contributed by atoms with Gasteiger partial charge in [0.25, 0.3) is 6.43 Å². The van der Waals surface area contributed by atoms with Crippen molar-refractivity contribution >= 4 is 12.0 Å². The standard InChI is InChI=1S/C8H8F2N2O2/c9-7(10)5-12-4-6(3-11-12)1-2-8(13)14/h1-4,7H,5H2,(H,13,14)/b2-1+. The Hall–Kier alpha value is -1.72. The summed E-state index contributed by atoms with van der Waals surface area (Å²) in [4.78, 5) is 10.1. The number of aliphatic carboxylic acids is 1. The Kier molecular flexibility index (Phi) is 3.33. The zero-order chi connectivity index (χ0) is 10.6. The number of aromatic nitrogens is 2. The Morgan fingerprint density at radius 2 is 2.43 bits per heavy atom. The van der Waals surface area contributed by atoms with Crippen LogP contribution in [0.25, 0.3) is 6.08 Å². The van der Waals surface area contributed by atoms with Gasteiger partial charge in [-0.2, -0.15) is 5.10 Å². The molecule has 0 aliphatic carbocycles. The molecule has 0 spiro atoms. The van der Waals surface area contributed by atoms with Crippen LogP contribution in [0.4, 0.5) is 8.78 Å². The van der Waals surface area contributed by atoms with Gasteiger partial charge < -0.3 is 5.11 Å². The number of carboxylic acids is 1. The highest BCUT2D eigenvalue weighted by Crippen LogP contribution is 2.03. The molecule has 76 valence electrons. The van der Waals surface area contributed by atoms with Crippen LogP contribution in [0.5, 0.6) is 0 Å². The molecule has 0 saturated carbocycles. The number of carbonyl (C=O) groups is 1. The number of hydrogen-bond acceptors (Lipinski definition) is 2. The fourth-order valence-electron chi connectivity index (χ4n) is 0.874. The van der Waals surface area contributed by atoms with E-state index < -0.39 is 18.9 Å². The molecule has 4 nitrogen and oxygen atoms in total. The topological polar surface area (TPSA) is 55.1 Å². The quantitative estimate of drug-likeness (QED) is 0.747. The highest BCUT2D eigenvalue weighted by atomic mass is 19.3. The summed E-state index contributed by atoms with van der Waals surface area (Å²) >= 11 is 0. The average molecular weight is 202 g/mol. The van der Waals surface area contributed by atoms with Gasteiger partial charge in [0.05, 0.1) is 6.20 Å². The summed E-state index contributed by atoms with van der Waals surface area (Å²) in [6.45, 7) is -0.485. The molecular weight excluding hydrogens is 194 g/mol. The number of alkyl halides is 2. The fourth-order valence-corrected chi connectivity index (χ4v) is 0.874. The summed E-state index contributed by atoms with van der Waals surface area (Å²) in [5, 5.41) is 11.9. The van der Waals surface area contributed by atoms with Crippen molar-refractivity contribution in [2.45, 2.75) is 13.0 Å². The highest BCUT2D eigenvalue weighted by molar-refractivity contribution is 5.85. The van der Waals surface area contributed by atoms with Gasteiger partial charge in [-0.25, -0.2) is 13.6 Å². The Balaban J connectivity index is 2.63. The number of halogens is 2. The molecule has 0 amide bonds. The summed E-state index contributed by atoms with van der Waals surface area (Å²) in [7, 11) is 0. The Labute approximate surface area is 78.5 Å². The molecule has 0 saturated heterocycles. The van der Waals surface area contributed by atoms with Crippen LogP contribution < -0.4 is 0 Å². The van der Waals surface area contributed by atoms with Gasteiger partial charge in [0.1, 0.15) is 6.54 Å². The maximum absolute atomic E-state index is 11.9. The van der Waals surface area contributed by atoms with Crippen LogP contribution >= 0.6 is 0 Å². The summed E-state index contributed by atoms with van der Waals surface area (Å²) in [5.41, 5.74) is 0.480. The molecule has 0 aromatic carbocycles. The van der Waals surface area contributed by atoms with Crippen molar-refractivity contribution in [2.75, 3.05) is 0 Å². The normalized spacial score (nSPS) is 11.4. The maximum Gasteiger partial charge on any atom is 0.328 e. The van der Waals surface area contributed by atoms with Gasteiger partial charge in [0.15, 0.2) is 0 Å². The summed E-state index contributed by atoms with van der Waals surface area (Å²) in [5.74, 6) is -1.09. The summed E-state index contributed by atoms with van der Waals surface area (Å²) < 4.78 is 24.8. The second-order valence-electron chi connectivity index (χ2n) is 2.56. The number of carboxylic acid groups (broad SMARTS) is 1. The second kappa shape index (κ2) is 4.50. The van der Waals surface area contributed by atoms with Crippen molar-refractivity contribution in [1.82, 2.24) is 9.78 Å². The van der Waals surface area contributed by atoms with Crippen molar-refractivity contribution < 1.29 is 18.7 Å². The Morgan fingerprint density at radius 1 is 1.71 bits per heavy atom. The molecule has 0 aliphatic rings. The van der Waals surface area contributed by atoms with E-state index >= 15 is 0 Å². The fraction of sp³-hybridized carbons (Fsp3) is 0.250. The smallest absolute Gasteiger partial charge is 0.328 e. The lowest BCUT2D eigenvalue weighted by Gasteiger charge is -1.97. The van der Waals surface area contributed by atoms with Crippen LogP contribution in [0.2, 0.25) is 0 Å². The zero-order valence-corrected chi connectivity index (χ0v) is 7.10. The van der Waals surface area contributed by atoms with Gasteiger partial charge in [-0.05, 0) is 6.08 Å². The van der Waals surface area contributed by atoms with Gasteiger partial charge in [-0.15, -0.1) is 0 Å². The van der Waals surface area contributed by atoms with Crippen molar-refractivity contribution in [3.8, 4) is 0 Å². The zero-order valence-electron chi connectivity index (χ0n) is 7.10. The largest absolute Gasteiger partial charge is 0.478 e. The predicted molar refractivity (Wildman–Crippen MR) is 44.9 cm³/mol. The predicted octanol–water partition coefficient (Wildman–Crippen LogP) is 1.25. The van der Waals surface area contributed by atoms with E-state index in [2.05, 4.69) is 5.10 Å². The van der Waals surface area contributed by atoms with E-state index in [9.17, 15) is 13.6 Å². The van der Waals surface area contributed by atoms with Crippen molar-refractivity contribution in [3.05, 3.63) is 24.0 Å². The van der Waals surface area contributed by atoms with Crippen LogP contribution in [0.1, 0.15) is 5.56 Å². The Bertz CT molecular complexity index is 347. The minimum absolute atomic E-state index is 0.480.